The maximum Gasteiger partial charge on any atom is 0.338 e. The van der Waals surface area contributed by atoms with Crippen LogP contribution < -0.4 is 10.5 Å². The molecule has 134 valence electrons. The molecule has 0 saturated heterocycles. The molecule has 0 radical (unpaired) electrons. The van der Waals surface area contributed by atoms with Crippen LogP contribution in [0.4, 0.5) is 4.79 Å². The van der Waals surface area contributed by atoms with Gasteiger partial charge in [-0.15, -0.1) is 0 Å². The number of carbonyl (C=O) groups is 1. The Bertz CT molecular complexity index is 876. The molecule has 3 aromatic rings. The van der Waals surface area contributed by atoms with E-state index in [0.717, 1.165) is 16.8 Å². The van der Waals surface area contributed by atoms with E-state index in [1.807, 2.05) is 37.3 Å². The van der Waals surface area contributed by atoms with Gasteiger partial charge in [-0.2, -0.15) is 0 Å². The summed E-state index contributed by atoms with van der Waals surface area (Å²) >= 11 is 0. The van der Waals surface area contributed by atoms with Crippen molar-refractivity contribution in [2.75, 3.05) is 0 Å². The van der Waals surface area contributed by atoms with E-state index in [2.05, 4.69) is 4.98 Å². The number of carbonyl (C=O) groups excluding carboxylic acids is 1. The van der Waals surface area contributed by atoms with Crippen LogP contribution in [0.25, 0.3) is 11.5 Å². The molecule has 26 heavy (non-hydrogen) atoms. The highest BCUT2D eigenvalue weighted by Gasteiger charge is 2.12. The van der Waals surface area contributed by atoms with E-state index in [1.54, 1.807) is 24.3 Å². The SMILES string of the molecule is Cc1oc(-c2ccccc2)nc1COc1ccc(CN(O)C(N)=O)cc1. The van der Waals surface area contributed by atoms with Crippen molar-refractivity contribution in [3.05, 3.63) is 71.6 Å². The number of primary amides is 1. The van der Waals surface area contributed by atoms with Crippen molar-refractivity contribution in [1.82, 2.24) is 10.0 Å². The molecule has 3 N–H and O–H groups in total. The molecule has 2 amide bonds. The Morgan fingerprint density at radius 1 is 1.19 bits per heavy atom. The summed E-state index contributed by atoms with van der Waals surface area (Å²) in [7, 11) is 0. The van der Waals surface area contributed by atoms with Crippen LogP contribution in [-0.4, -0.2) is 21.3 Å². The highest BCUT2D eigenvalue weighted by molar-refractivity contribution is 5.70. The molecule has 0 aliphatic rings. The Morgan fingerprint density at radius 3 is 2.54 bits per heavy atom. The summed E-state index contributed by atoms with van der Waals surface area (Å²) in [6.07, 6.45) is 0. The summed E-state index contributed by atoms with van der Waals surface area (Å²) in [6.45, 7) is 2.13. The maximum absolute atomic E-state index is 10.8. The predicted molar refractivity (Wildman–Crippen MR) is 94.4 cm³/mol. The topological polar surface area (TPSA) is 102 Å². The largest absolute Gasteiger partial charge is 0.487 e. The van der Waals surface area contributed by atoms with E-state index in [-0.39, 0.29) is 13.2 Å². The number of ether oxygens (including phenoxy) is 1. The summed E-state index contributed by atoms with van der Waals surface area (Å²) in [5.41, 5.74) is 7.34. The van der Waals surface area contributed by atoms with Gasteiger partial charge in [0.15, 0.2) is 0 Å². The number of aromatic nitrogens is 1. The smallest absolute Gasteiger partial charge is 0.338 e. The van der Waals surface area contributed by atoms with Crippen molar-refractivity contribution in [3.8, 4) is 17.2 Å². The van der Waals surface area contributed by atoms with Gasteiger partial charge in [0, 0.05) is 5.56 Å². The average Bonchev–Trinajstić information content (AvgIpc) is 3.02. The van der Waals surface area contributed by atoms with E-state index >= 15 is 0 Å². The van der Waals surface area contributed by atoms with Crippen molar-refractivity contribution in [2.24, 2.45) is 5.73 Å². The molecule has 0 saturated carbocycles. The molecule has 0 aliphatic heterocycles. The number of amides is 2. The van der Waals surface area contributed by atoms with Crippen molar-refractivity contribution in [2.45, 2.75) is 20.1 Å². The molecule has 0 bridgehead atoms. The van der Waals surface area contributed by atoms with Gasteiger partial charge in [0.05, 0.1) is 6.54 Å². The molecule has 7 nitrogen and oxygen atoms in total. The number of rotatable bonds is 6. The zero-order chi connectivity index (χ0) is 18.5. The van der Waals surface area contributed by atoms with Crippen LogP contribution in [-0.2, 0) is 13.2 Å². The van der Waals surface area contributed by atoms with Crippen LogP contribution in [0.5, 0.6) is 5.75 Å². The van der Waals surface area contributed by atoms with Gasteiger partial charge in [-0.1, -0.05) is 30.3 Å². The Labute approximate surface area is 150 Å². The molecule has 3 rings (SSSR count). The van der Waals surface area contributed by atoms with Crippen LogP contribution in [0, 0.1) is 6.92 Å². The summed E-state index contributed by atoms with van der Waals surface area (Å²) in [5, 5.41) is 9.78. The Morgan fingerprint density at radius 2 is 1.88 bits per heavy atom. The first-order chi connectivity index (χ1) is 12.5. The lowest BCUT2D eigenvalue weighted by Crippen LogP contribution is -2.31. The van der Waals surface area contributed by atoms with E-state index in [9.17, 15) is 10.0 Å². The quantitative estimate of drug-likeness (QED) is 0.522. The minimum Gasteiger partial charge on any atom is -0.487 e. The minimum atomic E-state index is -0.902. The molecule has 7 heteroatoms. The summed E-state index contributed by atoms with van der Waals surface area (Å²) < 4.78 is 11.4. The summed E-state index contributed by atoms with van der Waals surface area (Å²) in [6, 6.07) is 15.7. The molecular formula is C19H19N3O4. The molecule has 2 aromatic carbocycles. The van der Waals surface area contributed by atoms with Crippen LogP contribution >= 0.6 is 0 Å². The first-order valence-corrected chi connectivity index (χ1v) is 8.02. The summed E-state index contributed by atoms with van der Waals surface area (Å²) in [5.74, 6) is 1.91. The highest BCUT2D eigenvalue weighted by atomic mass is 16.5. The maximum atomic E-state index is 10.8. The Balaban J connectivity index is 1.62. The fourth-order valence-electron chi connectivity index (χ4n) is 2.36. The molecule has 0 atom stereocenters. The van der Waals surface area contributed by atoms with Crippen LogP contribution in [0.2, 0.25) is 0 Å². The molecule has 0 aliphatic carbocycles. The standard InChI is InChI=1S/C19H19N3O4/c1-13-17(21-18(26-13)15-5-3-2-4-6-15)12-25-16-9-7-14(8-10-16)11-22(24)19(20)23/h2-10,24H,11-12H2,1H3,(H2,20,23). The number of hydrogen-bond donors (Lipinski definition) is 2. The summed E-state index contributed by atoms with van der Waals surface area (Å²) in [4.78, 5) is 15.3. The molecule has 0 fully saturated rings. The van der Waals surface area contributed by atoms with Gasteiger partial charge in [-0.05, 0) is 36.8 Å². The van der Waals surface area contributed by atoms with Crippen molar-refractivity contribution in [1.29, 1.82) is 0 Å². The second kappa shape index (κ2) is 7.71. The van der Waals surface area contributed by atoms with Gasteiger partial charge >= 0.3 is 6.03 Å². The first kappa shape index (κ1) is 17.5. The van der Waals surface area contributed by atoms with Crippen LogP contribution in [0.3, 0.4) is 0 Å². The fourth-order valence-corrected chi connectivity index (χ4v) is 2.36. The zero-order valence-electron chi connectivity index (χ0n) is 14.3. The number of aryl methyl sites for hydroxylation is 1. The third-order valence-corrected chi connectivity index (χ3v) is 3.80. The van der Waals surface area contributed by atoms with Gasteiger partial charge in [0.25, 0.3) is 0 Å². The number of hydrogen-bond acceptors (Lipinski definition) is 5. The van der Waals surface area contributed by atoms with E-state index in [0.29, 0.717) is 22.5 Å². The van der Waals surface area contributed by atoms with Gasteiger partial charge in [0.1, 0.15) is 23.8 Å². The lowest BCUT2D eigenvalue weighted by atomic mass is 10.2. The molecule has 0 unspecified atom stereocenters. The number of nitrogens with zero attached hydrogens (tertiary/aromatic N) is 2. The number of benzene rings is 2. The van der Waals surface area contributed by atoms with E-state index in [4.69, 9.17) is 14.9 Å². The van der Waals surface area contributed by atoms with Crippen LogP contribution in [0.1, 0.15) is 17.0 Å². The minimum absolute atomic E-state index is 0.0123. The Hall–Kier alpha value is -3.32. The number of nitrogens with two attached hydrogens (primary N) is 1. The monoisotopic (exact) mass is 353 g/mol. The van der Waals surface area contributed by atoms with Gasteiger partial charge in [-0.3, -0.25) is 5.21 Å². The molecule has 1 heterocycles. The fraction of sp³-hybridized carbons (Fsp3) is 0.158. The number of oxazole rings is 1. The lowest BCUT2D eigenvalue weighted by Gasteiger charge is -2.12. The molecular weight excluding hydrogens is 334 g/mol. The van der Waals surface area contributed by atoms with E-state index < -0.39 is 6.03 Å². The molecule has 0 spiro atoms. The second-order valence-electron chi connectivity index (χ2n) is 5.72. The Kier molecular flexibility index (Phi) is 5.19. The van der Waals surface area contributed by atoms with Crippen molar-refractivity contribution < 1.29 is 19.2 Å². The predicted octanol–water partition coefficient (Wildman–Crippen LogP) is 3.50. The van der Waals surface area contributed by atoms with E-state index in [1.165, 1.54) is 0 Å². The number of hydroxylamine groups is 2. The lowest BCUT2D eigenvalue weighted by molar-refractivity contribution is -0.0470. The van der Waals surface area contributed by atoms with Gasteiger partial charge in [-0.25, -0.2) is 14.8 Å². The van der Waals surface area contributed by atoms with Crippen molar-refractivity contribution >= 4 is 6.03 Å². The normalized spacial score (nSPS) is 10.5. The van der Waals surface area contributed by atoms with Gasteiger partial charge in [0.2, 0.25) is 5.89 Å². The third kappa shape index (κ3) is 4.20. The zero-order valence-corrected chi connectivity index (χ0v) is 14.3. The van der Waals surface area contributed by atoms with Gasteiger partial charge < -0.3 is 14.9 Å². The molecule has 1 aromatic heterocycles. The van der Waals surface area contributed by atoms with Crippen LogP contribution in [0.15, 0.2) is 59.0 Å². The average molecular weight is 353 g/mol. The van der Waals surface area contributed by atoms with Crippen molar-refractivity contribution in [3.63, 3.8) is 0 Å². The number of urea groups is 1. The third-order valence-electron chi connectivity index (χ3n) is 3.80. The highest BCUT2D eigenvalue weighted by Crippen LogP contribution is 2.22. The second-order valence-corrected chi connectivity index (χ2v) is 5.72. The first-order valence-electron chi connectivity index (χ1n) is 8.02.